The van der Waals surface area contributed by atoms with E-state index in [4.69, 9.17) is 5.73 Å². The summed E-state index contributed by atoms with van der Waals surface area (Å²) in [6, 6.07) is 0.552. The first-order valence-electron chi connectivity index (χ1n) is 5.80. The van der Waals surface area contributed by atoms with E-state index in [-0.39, 0.29) is 0 Å². The Morgan fingerprint density at radius 3 is 2.07 bits per heavy atom. The summed E-state index contributed by atoms with van der Waals surface area (Å²) in [6.07, 6.45) is 0. The van der Waals surface area contributed by atoms with Crippen LogP contribution in [0.2, 0.25) is 0 Å². The molecule has 1 fully saturated rings. The quantitative estimate of drug-likeness (QED) is 0.720. The van der Waals surface area contributed by atoms with E-state index in [0.29, 0.717) is 6.04 Å². The van der Waals surface area contributed by atoms with Crippen LogP contribution in [0.15, 0.2) is 0 Å². The van der Waals surface area contributed by atoms with Crippen LogP contribution >= 0.6 is 0 Å². The summed E-state index contributed by atoms with van der Waals surface area (Å²) in [5.74, 6) is 0.786. The number of rotatable bonds is 4. The minimum atomic E-state index is 0.552. The second-order valence-corrected chi connectivity index (χ2v) is 4.82. The van der Waals surface area contributed by atoms with Gasteiger partial charge < -0.3 is 10.6 Å². The van der Waals surface area contributed by atoms with Gasteiger partial charge >= 0.3 is 0 Å². The standard InChI is InChI=1S/C11H25N3/c1-10(2)9-13-4-6-14(7-5-13)11(3)8-12/h10-11H,4-9,12H2,1-3H3. The lowest BCUT2D eigenvalue weighted by molar-refractivity contribution is 0.0973. The van der Waals surface area contributed by atoms with Gasteiger partial charge in [-0.15, -0.1) is 0 Å². The van der Waals surface area contributed by atoms with Crippen LogP contribution in [0.4, 0.5) is 0 Å². The van der Waals surface area contributed by atoms with Gasteiger partial charge in [0, 0.05) is 45.3 Å². The molecule has 1 rings (SSSR count). The highest BCUT2D eigenvalue weighted by Crippen LogP contribution is 2.07. The first-order valence-corrected chi connectivity index (χ1v) is 5.80. The van der Waals surface area contributed by atoms with Crippen LogP contribution in [0.1, 0.15) is 20.8 Å². The molecule has 0 saturated carbocycles. The van der Waals surface area contributed by atoms with Crippen molar-refractivity contribution in [2.75, 3.05) is 39.3 Å². The van der Waals surface area contributed by atoms with Gasteiger partial charge in [0.2, 0.25) is 0 Å². The molecule has 1 heterocycles. The first-order chi connectivity index (χ1) is 6.63. The molecule has 3 heteroatoms. The van der Waals surface area contributed by atoms with Gasteiger partial charge in [-0.1, -0.05) is 13.8 Å². The normalized spacial score (nSPS) is 22.9. The van der Waals surface area contributed by atoms with Crippen molar-refractivity contribution in [3.63, 3.8) is 0 Å². The largest absolute Gasteiger partial charge is 0.329 e. The van der Waals surface area contributed by atoms with E-state index in [1.807, 2.05) is 0 Å². The van der Waals surface area contributed by atoms with E-state index in [2.05, 4.69) is 30.6 Å². The third kappa shape index (κ3) is 3.56. The molecule has 1 aliphatic heterocycles. The highest BCUT2D eigenvalue weighted by atomic mass is 15.3. The van der Waals surface area contributed by atoms with E-state index in [1.165, 1.54) is 32.7 Å². The van der Waals surface area contributed by atoms with E-state index < -0.39 is 0 Å². The predicted molar refractivity (Wildman–Crippen MR) is 61.4 cm³/mol. The van der Waals surface area contributed by atoms with E-state index in [0.717, 1.165) is 12.5 Å². The Hall–Kier alpha value is -0.120. The van der Waals surface area contributed by atoms with Crippen molar-refractivity contribution in [2.24, 2.45) is 11.7 Å². The van der Waals surface area contributed by atoms with Gasteiger partial charge in [0.05, 0.1) is 0 Å². The lowest BCUT2D eigenvalue weighted by Gasteiger charge is -2.38. The van der Waals surface area contributed by atoms with Crippen molar-refractivity contribution in [2.45, 2.75) is 26.8 Å². The lowest BCUT2D eigenvalue weighted by Crippen LogP contribution is -2.51. The van der Waals surface area contributed by atoms with Crippen LogP contribution in [0.25, 0.3) is 0 Å². The molecule has 14 heavy (non-hydrogen) atoms. The molecule has 0 aromatic carbocycles. The molecule has 0 radical (unpaired) electrons. The fourth-order valence-electron chi connectivity index (χ4n) is 2.05. The first kappa shape index (κ1) is 12.0. The molecule has 1 unspecified atom stereocenters. The Balaban J connectivity index is 2.24. The van der Waals surface area contributed by atoms with Crippen LogP contribution in [0.5, 0.6) is 0 Å². The molecule has 1 atom stereocenters. The van der Waals surface area contributed by atoms with Crippen molar-refractivity contribution in [3.8, 4) is 0 Å². The topological polar surface area (TPSA) is 32.5 Å². The van der Waals surface area contributed by atoms with Gasteiger partial charge in [-0.25, -0.2) is 0 Å². The third-order valence-corrected chi connectivity index (χ3v) is 2.99. The Labute approximate surface area is 88.2 Å². The average Bonchev–Trinajstić information content (AvgIpc) is 2.17. The van der Waals surface area contributed by atoms with E-state index >= 15 is 0 Å². The number of nitrogens with two attached hydrogens (primary N) is 1. The maximum Gasteiger partial charge on any atom is 0.0191 e. The molecule has 0 aromatic heterocycles. The van der Waals surface area contributed by atoms with Crippen molar-refractivity contribution in [1.29, 1.82) is 0 Å². The van der Waals surface area contributed by atoms with Crippen molar-refractivity contribution in [1.82, 2.24) is 9.80 Å². The smallest absolute Gasteiger partial charge is 0.0191 e. The van der Waals surface area contributed by atoms with Gasteiger partial charge in [-0.3, -0.25) is 4.90 Å². The second-order valence-electron chi connectivity index (χ2n) is 4.82. The Kier molecular flexibility index (Phi) is 4.85. The van der Waals surface area contributed by atoms with Gasteiger partial charge in [0.15, 0.2) is 0 Å². The summed E-state index contributed by atoms with van der Waals surface area (Å²) < 4.78 is 0. The Morgan fingerprint density at radius 2 is 1.64 bits per heavy atom. The highest BCUT2D eigenvalue weighted by molar-refractivity contribution is 4.76. The Bertz CT molecular complexity index is 151. The Morgan fingerprint density at radius 1 is 1.07 bits per heavy atom. The SMILES string of the molecule is CC(C)CN1CCN(C(C)CN)CC1. The molecular weight excluding hydrogens is 174 g/mol. The van der Waals surface area contributed by atoms with Crippen molar-refractivity contribution < 1.29 is 0 Å². The summed E-state index contributed by atoms with van der Waals surface area (Å²) in [6.45, 7) is 13.6. The summed E-state index contributed by atoms with van der Waals surface area (Å²) in [5.41, 5.74) is 5.66. The van der Waals surface area contributed by atoms with Crippen LogP contribution in [0, 0.1) is 5.92 Å². The number of hydrogen-bond acceptors (Lipinski definition) is 3. The molecule has 1 saturated heterocycles. The summed E-state index contributed by atoms with van der Waals surface area (Å²) in [4.78, 5) is 5.06. The molecule has 0 aromatic rings. The fourth-order valence-corrected chi connectivity index (χ4v) is 2.05. The minimum Gasteiger partial charge on any atom is -0.329 e. The van der Waals surface area contributed by atoms with Crippen molar-refractivity contribution in [3.05, 3.63) is 0 Å². The predicted octanol–water partition coefficient (Wildman–Crippen LogP) is 0.607. The monoisotopic (exact) mass is 199 g/mol. The number of nitrogens with zero attached hydrogens (tertiary/aromatic N) is 2. The van der Waals surface area contributed by atoms with Crippen LogP contribution in [-0.2, 0) is 0 Å². The molecule has 3 nitrogen and oxygen atoms in total. The van der Waals surface area contributed by atoms with Gasteiger partial charge in [0.1, 0.15) is 0 Å². The summed E-state index contributed by atoms with van der Waals surface area (Å²) >= 11 is 0. The van der Waals surface area contributed by atoms with E-state index in [1.54, 1.807) is 0 Å². The maximum absolute atomic E-state index is 5.66. The zero-order valence-corrected chi connectivity index (χ0v) is 9.87. The molecule has 0 spiro atoms. The summed E-state index contributed by atoms with van der Waals surface area (Å²) in [5, 5.41) is 0. The number of hydrogen-bond donors (Lipinski definition) is 1. The van der Waals surface area contributed by atoms with E-state index in [9.17, 15) is 0 Å². The zero-order valence-electron chi connectivity index (χ0n) is 9.87. The van der Waals surface area contributed by atoms with Gasteiger partial charge in [-0.2, -0.15) is 0 Å². The van der Waals surface area contributed by atoms with Crippen LogP contribution in [-0.4, -0.2) is 55.1 Å². The molecular formula is C11H25N3. The van der Waals surface area contributed by atoms with Crippen LogP contribution in [0.3, 0.4) is 0 Å². The fraction of sp³-hybridized carbons (Fsp3) is 1.00. The molecule has 0 amide bonds. The third-order valence-electron chi connectivity index (χ3n) is 2.99. The maximum atomic E-state index is 5.66. The lowest BCUT2D eigenvalue weighted by atomic mass is 10.1. The summed E-state index contributed by atoms with van der Waals surface area (Å²) in [7, 11) is 0. The van der Waals surface area contributed by atoms with Crippen LogP contribution < -0.4 is 5.73 Å². The molecule has 0 bridgehead atoms. The highest BCUT2D eigenvalue weighted by Gasteiger charge is 2.20. The molecule has 0 aliphatic carbocycles. The molecule has 2 N–H and O–H groups in total. The second kappa shape index (κ2) is 5.69. The zero-order chi connectivity index (χ0) is 10.6. The van der Waals surface area contributed by atoms with Crippen molar-refractivity contribution >= 4 is 0 Å². The minimum absolute atomic E-state index is 0.552. The number of piperazine rings is 1. The van der Waals surface area contributed by atoms with Gasteiger partial charge in [0.25, 0.3) is 0 Å². The average molecular weight is 199 g/mol. The van der Waals surface area contributed by atoms with Gasteiger partial charge in [-0.05, 0) is 12.8 Å². The molecule has 1 aliphatic rings. The molecule has 84 valence electrons.